The van der Waals surface area contributed by atoms with Crippen LogP contribution in [0.1, 0.15) is 28.9 Å². The van der Waals surface area contributed by atoms with E-state index in [0.717, 1.165) is 5.56 Å². The Morgan fingerprint density at radius 1 is 1.16 bits per heavy atom. The zero-order chi connectivity index (χ0) is 22.9. The number of sulfonamides is 1. The molecule has 2 N–H and O–H groups in total. The number of nitrogens with two attached hydrogens (primary N) is 1. The predicted molar refractivity (Wildman–Crippen MR) is 118 cm³/mol. The number of aromatic nitrogens is 1. The number of carbonyl (C=O) groups excluding carboxylic acids is 2. The maximum Gasteiger partial charge on any atom is 0.265 e. The van der Waals surface area contributed by atoms with E-state index < -0.39 is 15.9 Å². The van der Waals surface area contributed by atoms with E-state index in [1.165, 1.54) is 21.1 Å². The standard InChI is InChI=1S/C20H24Cl2N4O4S/c1-24-12-15(10-18(24)19(23)27)31(29,30)26-7-5-14(6-8-26)20(28)25(2)11-13-3-4-16(21)17(22)9-13/h3-4,9-10,12,14H,5-8,11H2,1-2H3,(H2,23,27). The summed E-state index contributed by atoms with van der Waals surface area (Å²) in [6, 6.07) is 6.50. The van der Waals surface area contributed by atoms with E-state index in [2.05, 4.69) is 0 Å². The Labute approximate surface area is 191 Å². The van der Waals surface area contributed by atoms with E-state index in [1.54, 1.807) is 31.1 Å². The van der Waals surface area contributed by atoms with Crippen LogP contribution >= 0.6 is 23.2 Å². The van der Waals surface area contributed by atoms with Crippen molar-refractivity contribution in [3.63, 3.8) is 0 Å². The Hall–Kier alpha value is -2.07. The molecule has 0 radical (unpaired) electrons. The van der Waals surface area contributed by atoms with Crippen LogP contribution in [-0.2, 0) is 28.4 Å². The highest BCUT2D eigenvalue weighted by molar-refractivity contribution is 7.89. The van der Waals surface area contributed by atoms with Crippen LogP contribution in [0.3, 0.4) is 0 Å². The Kier molecular flexibility index (Phi) is 7.00. The number of piperidine rings is 1. The van der Waals surface area contributed by atoms with E-state index in [-0.39, 0.29) is 35.5 Å². The van der Waals surface area contributed by atoms with Crippen molar-refractivity contribution in [2.24, 2.45) is 18.7 Å². The number of halogens is 2. The van der Waals surface area contributed by atoms with Crippen molar-refractivity contribution in [3.8, 4) is 0 Å². The number of rotatable bonds is 6. The fourth-order valence-corrected chi connectivity index (χ4v) is 5.58. The van der Waals surface area contributed by atoms with Crippen LogP contribution in [0.2, 0.25) is 10.0 Å². The maximum atomic E-state index is 12.9. The highest BCUT2D eigenvalue weighted by Gasteiger charge is 2.34. The van der Waals surface area contributed by atoms with Crippen molar-refractivity contribution in [1.82, 2.24) is 13.8 Å². The van der Waals surface area contributed by atoms with Crippen LogP contribution in [0.5, 0.6) is 0 Å². The van der Waals surface area contributed by atoms with Gasteiger partial charge in [0.2, 0.25) is 15.9 Å². The number of hydrogen-bond donors (Lipinski definition) is 1. The molecular formula is C20H24Cl2N4O4S. The summed E-state index contributed by atoms with van der Waals surface area (Å²) in [4.78, 5) is 25.9. The van der Waals surface area contributed by atoms with Gasteiger partial charge in [0.15, 0.2) is 0 Å². The Morgan fingerprint density at radius 3 is 2.35 bits per heavy atom. The molecular weight excluding hydrogens is 463 g/mol. The largest absolute Gasteiger partial charge is 0.364 e. The zero-order valence-corrected chi connectivity index (χ0v) is 19.5. The van der Waals surface area contributed by atoms with Crippen LogP contribution < -0.4 is 5.73 Å². The fraction of sp³-hybridized carbons (Fsp3) is 0.400. The summed E-state index contributed by atoms with van der Waals surface area (Å²) < 4.78 is 28.6. The number of hydrogen-bond acceptors (Lipinski definition) is 4. The van der Waals surface area contributed by atoms with Gasteiger partial charge in [0, 0.05) is 45.8 Å². The van der Waals surface area contributed by atoms with E-state index >= 15 is 0 Å². The first-order valence-electron chi connectivity index (χ1n) is 9.66. The number of primary amides is 1. The monoisotopic (exact) mass is 486 g/mol. The van der Waals surface area contributed by atoms with Gasteiger partial charge in [-0.05, 0) is 36.6 Å². The van der Waals surface area contributed by atoms with Crippen LogP contribution in [0.25, 0.3) is 0 Å². The smallest absolute Gasteiger partial charge is 0.265 e. The molecule has 1 aromatic carbocycles. The van der Waals surface area contributed by atoms with Crippen molar-refractivity contribution in [1.29, 1.82) is 0 Å². The van der Waals surface area contributed by atoms with Crippen LogP contribution in [0.4, 0.5) is 0 Å². The summed E-state index contributed by atoms with van der Waals surface area (Å²) >= 11 is 12.0. The molecule has 0 spiro atoms. The molecule has 0 unspecified atom stereocenters. The first-order valence-corrected chi connectivity index (χ1v) is 11.9. The predicted octanol–water partition coefficient (Wildman–Crippen LogP) is 2.49. The number of carbonyl (C=O) groups is 2. The van der Waals surface area contributed by atoms with Gasteiger partial charge in [-0.1, -0.05) is 29.3 Å². The topological polar surface area (TPSA) is 106 Å². The third-order valence-corrected chi connectivity index (χ3v) is 8.06. The van der Waals surface area contributed by atoms with Gasteiger partial charge in [-0.25, -0.2) is 8.42 Å². The molecule has 1 fully saturated rings. The van der Waals surface area contributed by atoms with Crippen LogP contribution in [0.15, 0.2) is 35.4 Å². The molecule has 1 aliphatic heterocycles. The summed E-state index contributed by atoms with van der Waals surface area (Å²) in [6.07, 6.45) is 2.20. The van der Waals surface area contributed by atoms with Gasteiger partial charge in [-0.2, -0.15) is 4.31 Å². The molecule has 1 aromatic heterocycles. The van der Waals surface area contributed by atoms with Crippen LogP contribution in [-0.4, -0.2) is 54.1 Å². The molecule has 0 aliphatic carbocycles. The Bertz CT molecular complexity index is 1110. The van der Waals surface area contributed by atoms with Gasteiger partial charge in [0.25, 0.3) is 5.91 Å². The lowest BCUT2D eigenvalue weighted by Crippen LogP contribution is -2.43. The summed E-state index contributed by atoms with van der Waals surface area (Å²) in [5, 5.41) is 0.883. The summed E-state index contributed by atoms with van der Waals surface area (Å²) in [7, 11) is -0.497. The quantitative estimate of drug-likeness (QED) is 0.676. The molecule has 1 aliphatic rings. The lowest BCUT2D eigenvalue weighted by Gasteiger charge is -2.32. The van der Waals surface area contributed by atoms with Gasteiger partial charge in [0.1, 0.15) is 10.6 Å². The molecule has 0 atom stereocenters. The molecule has 8 nitrogen and oxygen atoms in total. The van der Waals surface area contributed by atoms with E-state index in [9.17, 15) is 18.0 Å². The normalized spacial score (nSPS) is 15.7. The molecule has 1 saturated heterocycles. The maximum absolute atomic E-state index is 12.9. The van der Waals surface area contributed by atoms with Crippen molar-refractivity contribution in [3.05, 3.63) is 51.8 Å². The Balaban J connectivity index is 1.62. The third kappa shape index (κ3) is 5.06. The minimum Gasteiger partial charge on any atom is -0.364 e. The molecule has 0 bridgehead atoms. The van der Waals surface area contributed by atoms with Gasteiger partial charge in [-0.15, -0.1) is 0 Å². The van der Waals surface area contributed by atoms with Gasteiger partial charge in [-0.3, -0.25) is 9.59 Å². The van der Waals surface area contributed by atoms with E-state index in [0.29, 0.717) is 29.4 Å². The molecule has 2 amide bonds. The van der Waals surface area contributed by atoms with Crippen molar-refractivity contribution in [2.75, 3.05) is 20.1 Å². The second-order valence-electron chi connectivity index (χ2n) is 7.66. The number of nitrogens with zero attached hydrogens (tertiary/aromatic N) is 3. The summed E-state index contributed by atoms with van der Waals surface area (Å²) in [5.74, 6) is -1.01. The number of benzene rings is 1. The second-order valence-corrected chi connectivity index (χ2v) is 10.4. The number of amides is 2. The minimum atomic E-state index is -3.77. The van der Waals surface area contributed by atoms with Gasteiger partial charge in [0.05, 0.1) is 10.0 Å². The van der Waals surface area contributed by atoms with E-state index in [1.807, 2.05) is 6.07 Å². The fourth-order valence-electron chi connectivity index (χ4n) is 3.71. The number of aryl methyl sites for hydroxylation is 1. The molecule has 3 rings (SSSR count). The first-order chi connectivity index (χ1) is 14.5. The third-order valence-electron chi connectivity index (χ3n) is 5.45. The molecule has 0 saturated carbocycles. The molecule has 2 aromatic rings. The highest BCUT2D eigenvalue weighted by Crippen LogP contribution is 2.27. The SMILES string of the molecule is CN(Cc1ccc(Cl)c(Cl)c1)C(=O)C1CCN(S(=O)(=O)c2cc(C(N)=O)n(C)c2)CC1. The Morgan fingerprint density at radius 2 is 1.81 bits per heavy atom. The second kappa shape index (κ2) is 9.20. The highest BCUT2D eigenvalue weighted by atomic mass is 35.5. The lowest BCUT2D eigenvalue weighted by atomic mass is 9.96. The molecule has 11 heteroatoms. The summed E-state index contributed by atoms with van der Waals surface area (Å²) in [6.45, 7) is 0.828. The van der Waals surface area contributed by atoms with Crippen molar-refractivity contribution >= 4 is 45.0 Å². The van der Waals surface area contributed by atoms with Crippen molar-refractivity contribution < 1.29 is 18.0 Å². The zero-order valence-electron chi connectivity index (χ0n) is 17.2. The first kappa shape index (κ1) is 23.6. The molecule has 168 valence electrons. The van der Waals surface area contributed by atoms with E-state index in [4.69, 9.17) is 28.9 Å². The average Bonchev–Trinajstić information content (AvgIpc) is 3.13. The minimum absolute atomic E-state index is 0.0188. The van der Waals surface area contributed by atoms with Crippen LogP contribution in [0, 0.1) is 5.92 Å². The average molecular weight is 487 g/mol. The van der Waals surface area contributed by atoms with Crippen molar-refractivity contribution in [2.45, 2.75) is 24.3 Å². The summed E-state index contributed by atoms with van der Waals surface area (Å²) in [5.41, 5.74) is 6.25. The molecule has 2 heterocycles. The van der Waals surface area contributed by atoms with Gasteiger partial charge >= 0.3 is 0 Å². The molecule has 31 heavy (non-hydrogen) atoms. The van der Waals surface area contributed by atoms with Gasteiger partial charge < -0.3 is 15.2 Å². The lowest BCUT2D eigenvalue weighted by molar-refractivity contribution is -0.135.